The summed E-state index contributed by atoms with van der Waals surface area (Å²) in [4.78, 5) is 4.46. The third kappa shape index (κ3) is 2.95. The van der Waals surface area contributed by atoms with Crippen molar-refractivity contribution >= 4 is 38.5 Å². The maximum absolute atomic E-state index is 4.46. The zero-order valence-corrected chi connectivity index (χ0v) is 14.1. The Morgan fingerprint density at radius 3 is 2.89 bits per heavy atom. The molecule has 0 bridgehead atoms. The van der Waals surface area contributed by atoms with E-state index in [1.807, 2.05) is 19.4 Å². The minimum Gasteiger partial charge on any atom is -0.336 e. The number of hydrogen-bond acceptors (Lipinski definition) is 2. The van der Waals surface area contributed by atoms with Gasteiger partial charge in [0.1, 0.15) is 5.82 Å². The van der Waals surface area contributed by atoms with E-state index in [-0.39, 0.29) is 6.04 Å². The highest BCUT2D eigenvalue weighted by atomic mass is 127. The predicted octanol–water partition coefficient (Wildman–Crippen LogP) is 3.49. The Morgan fingerprint density at radius 2 is 2.28 bits per heavy atom. The third-order valence-corrected chi connectivity index (χ3v) is 4.27. The Morgan fingerprint density at radius 1 is 1.50 bits per heavy atom. The SMILES string of the molecule is CCNC(c1cc(Br)ccc1I)c1nccn1C. The Labute approximate surface area is 129 Å². The van der Waals surface area contributed by atoms with E-state index >= 15 is 0 Å². The molecule has 2 rings (SSSR count). The van der Waals surface area contributed by atoms with Gasteiger partial charge < -0.3 is 9.88 Å². The fourth-order valence-corrected chi connectivity index (χ4v) is 2.96. The van der Waals surface area contributed by atoms with E-state index in [2.05, 4.69) is 78.5 Å². The normalized spacial score (nSPS) is 12.7. The average Bonchev–Trinajstić information content (AvgIpc) is 2.76. The summed E-state index contributed by atoms with van der Waals surface area (Å²) in [6.45, 7) is 3.01. The predicted molar refractivity (Wildman–Crippen MR) is 85.6 cm³/mol. The second kappa shape index (κ2) is 6.16. The van der Waals surface area contributed by atoms with E-state index in [0.717, 1.165) is 16.8 Å². The number of aryl methyl sites for hydroxylation is 1. The third-order valence-electron chi connectivity index (χ3n) is 2.79. The van der Waals surface area contributed by atoms with Gasteiger partial charge in [-0.2, -0.15) is 0 Å². The average molecular weight is 420 g/mol. The van der Waals surface area contributed by atoms with Crippen LogP contribution >= 0.6 is 38.5 Å². The highest BCUT2D eigenvalue weighted by Gasteiger charge is 2.19. The number of nitrogens with zero attached hydrogens (tertiary/aromatic N) is 2. The maximum Gasteiger partial charge on any atom is 0.130 e. The van der Waals surface area contributed by atoms with Crippen LogP contribution in [0, 0.1) is 3.57 Å². The molecule has 18 heavy (non-hydrogen) atoms. The van der Waals surface area contributed by atoms with Crippen molar-refractivity contribution in [3.8, 4) is 0 Å². The summed E-state index contributed by atoms with van der Waals surface area (Å²) in [5.41, 5.74) is 1.25. The van der Waals surface area contributed by atoms with Crippen molar-refractivity contribution in [2.24, 2.45) is 7.05 Å². The summed E-state index contributed by atoms with van der Waals surface area (Å²) in [7, 11) is 2.03. The van der Waals surface area contributed by atoms with Gasteiger partial charge in [0.05, 0.1) is 6.04 Å². The summed E-state index contributed by atoms with van der Waals surface area (Å²) in [6.07, 6.45) is 3.81. The van der Waals surface area contributed by atoms with Gasteiger partial charge in [0.2, 0.25) is 0 Å². The molecule has 0 aliphatic carbocycles. The van der Waals surface area contributed by atoms with E-state index in [4.69, 9.17) is 0 Å². The second-order valence-electron chi connectivity index (χ2n) is 4.05. The van der Waals surface area contributed by atoms with Crippen molar-refractivity contribution in [2.75, 3.05) is 6.54 Å². The molecule has 0 aliphatic heterocycles. The first kappa shape index (κ1) is 14.0. The van der Waals surface area contributed by atoms with Crippen molar-refractivity contribution in [3.05, 3.63) is 50.0 Å². The zero-order valence-electron chi connectivity index (χ0n) is 10.3. The van der Waals surface area contributed by atoms with Crippen LogP contribution in [-0.4, -0.2) is 16.1 Å². The molecule has 0 amide bonds. The Balaban J connectivity index is 2.48. The fourth-order valence-electron chi connectivity index (χ4n) is 1.94. The van der Waals surface area contributed by atoms with Crippen molar-refractivity contribution in [2.45, 2.75) is 13.0 Å². The van der Waals surface area contributed by atoms with Gasteiger partial charge in [-0.1, -0.05) is 22.9 Å². The lowest BCUT2D eigenvalue weighted by Crippen LogP contribution is -2.25. The minimum absolute atomic E-state index is 0.124. The lowest BCUT2D eigenvalue weighted by atomic mass is 10.1. The van der Waals surface area contributed by atoms with E-state index in [1.165, 1.54) is 9.13 Å². The van der Waals surface area contributed by atoms with Gasteiger partial charge in [-0.05, 0) is 52.9 Å². The first-order valence-electron chi connectivity index (χ1n) is 5.79. The van der Waals surface area contributed by atoms with Crippen molar-refractivity contribution in [1.29, 1.82) is 0 Å². The summed E-state index contributed by atoms with van der Waals surface area (Å²) in [5.74, 6) is 1.04. The monoisotopic (exact) mass is 419 g/mol. The van der Waals surface area contributed by atoms with Gasteiger partial charge in [0.25, 0.3) is 0 Å². The van der Waals surface area contributed by atoms with Crippen LogP contribution < -0.4 is 5.32 Å². The summed E-state index contributed by atoms with van der Waals surface area (Å²) in [5, 5.41) is 3.50. The molecule has 2 aromatic rings. The lowest BCUT2D eigenvalue weighted by molar-refractivity contribution is 0.575. The molecular weight excluding hydrogens is 405 g/mol. The largest absolute Gasteiger partial charge is 0.336 e. The fraction of sp³-hybridized carbons (Fsp3) is 0.308. The zero-order chi connectivity index (χ0) is 13.1. The van der Waals surface area contributed by atoms with Crippen molar-refractivity contribution in [3.63, 3.8) is 0 Å². The Hall–Kier alpha value is -0.400. The molecule has 1 aromatic heterocycles. The number of aromatic nitrogens is 2. The highest BCUT2D eigenvalue weighted by molar-refractivity contribution is 14.1. The van der Waals surface area contributed by atoms with Crippen LogP contribution in [0.5, 0.6) is 0 Å². The number of nitrogens with one attached hydrogen (secondary N) is 1. The molecule has 0 radical (unpaired) electrons. The number of benzene rings is 1. The minimum atomic E-state index is 0.124. The number of rotatable bonds is 4. The van der Waals surface area contributed by atoms with E-state index in [0.29, 0.717) is 0 Å². The first-order chi connectivity index (χ1) is 8.63. The summed E-state index contributed by atoms with van der Waals surface area (Å²) < 4.78 is 4.39. The van der Waals surface area contributed by atoms with Crippen LogP contribution in [0.25, 0.3) is 0 Å². The van der Waals surface area contributed by atoms with E-state index in [1.54, 1.807) is 0 Å². The van der Waals surface area contributed by atoms with Gasteiger partial charge in [-0.25, -0.2) is 4.98 Å². The molecule has 1 unspecified atom stereocenters. The summed E-state index contributed by atoms with van der Waals surface area (Å²) >= 11 is 5.91. The topological polar surface area (TPSA) is 29.9 Å². The van der Waals surface area contributed by atoms with Crippen LogP contribution in [0.2, 0.25) is 0 Å². The van der Waals surface area contributed by atoms with Gasteiger partial charge in [-0.15, -0.1) is 0 Å². The molecule has 96 valence electrons. The molecule has 0 spiro atoms. The van der Waals surface area contributed by atoms with E-state index in [9.17, 15) is 0 Å². The van der Waals surface area contributed by atoms with Gasteiger partial charge in [0, 0.05) is 27.5 Å². The van der Waals surface area contributed by atoms with Crippen molar-refractivity contribution < 1.29 is 0 Å². The standard InChI is InChI=1S/C13H15BrIN3/c1-3-16-12(13-17-6-7-18(13)2)10-8-9(14)4-5-11(10)15/h4-8,12,16H,3H2,1-2H3. The second-order valence-corrected chi connectivity index (χ2v) is 6.13. The molecule has 0 aliphatic rings. The smallest absolute Gasteiger partial charge is 0.130 e. The van der Waals surface area contributed by atoms with Gasteiger partial charge >= 0.3 is 0 Å². The Kier molecular flexibility index (Phi) is 4.80. The van der Waals surface area contributed by atoms with Gasteiger partial charge in [-0.3, -0.25) is 0 Å². The molecule has 1 aromatic carbocycles. The van der Waals surface area contributed by atoms with Crippen molar-refractivity contribution in [1.82, 2.24) is 14.9 Å². The number of imidazole rings is 1. The Bertz CT molecular complexity index is 539. The molecule has 0 saturated carbocycles. The van der Waals surface area contributed by atoms with E-state index < -0.39 is 0 Å². The molecule has 0 saturated heterocycles. The van der Waals surface area contributed by atoms with Crippen LogP contribution in [0.1, 0.15) is 24.4 Å². The maximum atomic E-state index is 4.46. The molecule has 1 heterocycles. The lowest BCUT2D eigenvalue weighted by Gasteiger charge is -2.19. The van der Waals surface area contributed by atoms with Crippen LogP contribution in [0.4, 0.5) is 0 Å². The van der Waals surface area contributed by atoms with Crippen LogP contribution in [0.3, 0.4) is 0 Å². The van der Waals surface area contributed by atoms with Gasteiger partial charge in [0.15, 0.2) is 0 Å². The molecular formula is C13H15BrIN3. The highest BCUT2D eigenvalue weighted by Crippen LogP contribution is 2.27. The molecule has 0 fully saturated rings. The van der Waals surface area contributed by atoms with Crippen LogP contribution in [0.15, 0.2) is 35.1 Å². The number of halogens is 2. The van der Waals surface area contributed by atoms with Crippen LogP contribution in [-0.2, 0) is 7.05 Å². The summed E-state index contributed by atoms with van der Waals surface area (Å²) in [6, 6.07) is 6.46. The quantitative estimate of drug-likeness (QED) is 0.768. The molecule has 1 N–H and O–H groups in total. The number of hydrogen-bond donors (Lipinski definition) is 1. The molecule has 5 heteroatoms. The molecule has 3 nitrogen and oxygen atoms in total. The first-order valence-corrected chi connectivity index (χ1v) is 7.66. The molecule has 1 atom stereocenters.